The van der Waals surface area contributed by atoms with Gasteiger partial charge in [-0.1, -0.05) is 31.5 Å². The van der Waals surface area contributed by atoms with Crippen molar-refractivity contribution in [1.82, 2.24) is 9.62 Å². The Morgan fingerprint density at radius 1 is 1.30 bits per heavy atom. The van der Waals surface area contributed by atoms with Crippen molar-refractivity contribution in [3.63, 3.8) is 0 Å². The molecule has 2 rings (SSSR count). The third kappa shape index (κ3) is 6.30. The fourth-order valence-corrected chi connectivity index (χ4v) is 4.48. The minimum atomic E-state index is -3.76. The van der Waals surface area contributed by atoms with Crippen LogP contribution in [0.25, 0.3) is 0 Å². The summed E-state index contributed by atoms with van der Waals surface area (Å²) in [6.45, 7) is 9.54. The second kappa shape index (κ2) is 9.66. The molecule has 1 heterocycles. The predicted octanol–water partition coefficient (Wildman–Crippen LogP) is 2.72. The highest BCUT2D eigenvalue weighted by Crippen LogP contribution is 2.17. The van der Waals surface area contributed by atoms with Crippen molar-refractivity contribution in [2.75, 3.05) is 19.7 Å². The van der Waals surface area contributed by atoms with Crippen molar-refractivity contribution >= 4 is 15.9 Å². The van der Waals surface area contributed by atoms with Crippen LogP contribution < -0.4 is 4.72 Å². The summed E-state index contributed by atoms with van der Waals surface area (Å²) in [7, 11) is -3.76. The Kier molecular flexibility index (Phi) is 7.82. The summed E-state index contributed by atoms with van der Waals surface area (Å²) in [5.74, 6) is -0.00140. The number of nitrogens with zero attached hydrogens (tertiary/aromatic N) is 1. The van der Waals surface area contributed by atoms with E-state index in [4.69, 9.17) is 4.74 Å². The molecule has 1 fully saturated rings. The van der Waals surface area contributed by atoms with E-state index in [1.165, 1.54) is 0 Å². The predicted molar refractivity (Wildman–Crippen MR) is 106 cm³/mol. The van der Waals surface area contributed by atoms with Gasteiger partial charge in [-0.2, -0.15) is 4.72 Å². The van der Waals surface area contributed by atoms with Crippen molar-refractivity contribution in [3.05, 3.63) is 29.8 Å². The van der Waals surface area contributed by atoms with Crippen LogP contribution in [0.2, 0.25) is 0 Å². The Morgan fingerprint density at radius 2 is 1.96 bits per heavy atom. The number of aryl methyl sites for hydroxylation is 1. The van der Waals surface area contributed by atoms with Crippen LogP contribution in [0.1, 0.15) is 45.6 Å². The van der Waals surface area contributed by atoms with Crippen LogP contribution >= 0.6 is 0 Å². The van der Waals surface area contributed by atoms with Crippen LogP contribution in [-0.4, -0.2) is 51.1 Å². The maximum Gasteiger partial charge on any atom is 0.241 e. The van der Waals surface area contributed by atoms with Crippen LogP contribution in [0.4, 0.5) is 0 Å². The number of nitrogens with one attached hydrogen (secondary N) is 1. The number of carbonyl (C=O) groups excluding carboxylic acids is 1. The molecule has 0 aliphatic carbocycles. The molecule has 152 valence electrons. The number of rotatable bonds is 9. The van der Waals surface area contributed by atoms with E-state index in [-0.39, 0.29) is 22.8 Å². The van der Waals surface area contributed by atoms with Gasteiger partial charge in [0, 0.05) is 19.7 Å². The van der Waals surface area contributed by atoms with Gasteiger partial charge in [-0.25, -0.2) is 8.42 Å². The van der Waals surface area contributed by atoms with Gasteiger partial charge >= 0.3 is 0 Å². The number of amides is 1. The highest BCUT2D eigenvalue weighted by atomic mass is 32.2. The lowest BCUT2D eigenvalue weighted by atomic mass is 10.0. The van der Waals surface area contributed by atoms with E-state index in [2.05, 4.69) is 4.72 Å². The van der Waals surface area contributed by atoms with Gasteiger partial charge in [0.25, 0.3) is 0 Å². The minimum Gasteiger partial charge on any atom is -0.376 e. The third-order valence-electron chi connectivity index (χ3n) is 4.78. The highest BCUT2D eigenvalue weighted by Gasteiger charge is 2.31. The average Bonchev–Trinajstić information content (AvgIpc) is 3.11. The van der Waals surface area contributed by atoms with E-state index in [0.717, 1.165) is 25.0 Å². The zero-order valence-corrected chi connectivity index (χ0v) is 17.6. The molecular formula is C20H32N2O4S. The monoisotopic (exact) mass is 396 g/mol. The number of benzene rings is 1. The van der Waals surface area contributed by atoms with Crippen LogP contribution in [0.3, 0.4) is 0 Å². The summed E-state index contributed by atoms with van der Waals surface area (Å²) in [6, 6.07) is 5.86. The molecule has 0 bridgehead atoms. The molecule has 1 aliphatic rings. The molecule has 7 heteroatoms. The number of carbonyl (C=O) groups is 1. The summed E-state index contributed by atoms with van der Waals surface area (Å²) in [5, 5.41) is 0. The van der Waals surface area contributed by atoms with Crippen molar-refractivity contribution in [2.24, 2.45) is 5.92 Å². The van der Waals surface area contributed by atoms with Crippen LogP contribution in [0, 0.1) is 12.8 Å². The Balaban J connectivity index is 2.16. The van der Waals surface area contributed by atoms with Gasteiger partial charge in [0.2, 0.25) is 15.9 Å². The molecule has 0 saturated carbocycles. The van der Waals surface area contributed by atoms with Crippen molar-refractivity contribution in [1.29, 1.82) is 0 Å². The topological polar surface area (TPSA) is 75.7 Å². The van der Waals surface area contributed by atoms with Crippen molar-refractivity contribution in [2.45, 2.75) is 64.0 Å². The smallest absolute Gasteiger partial charge is 0.241 e. The van der Waals surface area contributed by atoms with E-state index in [9.17, 15) is 13.2 Å². The van der Waals surface area contributed by atoms with E-state index in [0.29, 0.717) is 19.5 Å². The summed E-state index contributed by atoms with van der Waals surface area (Å²) in [4.78, 5) is 15.0. The number of hydrogen-bond acceptors (Lipinski definition) is 4. The number of hydrogen-bond donors (Lipinski definition) is 1. The lowest BCUT2D eigenvalue weighted by Crippen LogP contribution is -2.50. The number of ether oxygens (including phenoxy) is 1. The van der Waals surface area contributed by atoms with Crippen LogP contribution in [-0.2, 0) is 19.6 Å². The zero-order chi connectivity index (χ0) is 20.0. The van der Waals surface area contributed by atoms with E-state index >= 15 is 0 Å². The molecule has 0 aromatic heterocycles. The Hall–Kier alpha value is -1.44. The largest absolute Gasteiger partial charge is 0.376 e. The van der Waals surface area contributed by atoms with Gasteiger partial charge < -0.3 is 9.64 Å². The summed E-state index contributed by atoms with van der Waals surface area (Å²) in [5.41, 5.74) is 0.984. The van der Waals surface area contributed by atoms with E-state index in [1.807, 2.05) is 27.7 Å². The van der Waals surface area contributed by atoms with E-state index < -0.39 is 16.1 Å². The molecule has 1 aromatic rings. The Labute approximate surface area is 163 Å². The molecule has 1 amide bonds. The lowest BCUT2D eigenvalue weighted by molar-refractivity contribution is -0.134. The highest BCUT2D eigenvalue weighted by molar-refractivity contribution is 7.89. The third-order valence-corrected chi connectivity index (χ3v) is 6.26. The van der Waals surface area contributed by atoms with Gasteiger partial charge in [0.1, 0.15) is 6.04 Å². The first-order chi connectivity index (χ1) is 12.7. The molecule has 2 atom stereocenters. The first-order valence-corrected chi connectivity index (χ1v) is 11.2. The molecule has 0 spiro atoms. The van der Waals surface area contributed by atoms with Gasteiger partial charge in [-0.15, -0.1) is 0 Å². The van der Waals surface area contributed by atoms with Gasteiger partial charge in [0.05, 0.1) is 11.0 Å². The summed E-state index contributed by atoms with van der Waals surface area (Å²) < 4.78 is 33.9. The fourth-order valence-electron chi connectivity index (χ4n) is 3.27. The van der Waals surface area contributed by atoms with Crippen LogP contribution in [0.5, 0.6) is 0 Å². The van der Waals surface area contributed by atoms with Gasteiger partial charge in [0.15, 0.2) is 0 Å². The standard InChI is InChI=1S/C20H32N2O4S/c1-5-22(14-17-7-6-12-26-17)20(23)19(13-15(2)3)21-27(24,25)18-10-8-16(4)9-11-18/h8-11,15,17,19,21H,5-7,12-14H2,1-4H3. The van der Waals surface area contributed by atoms with Crippen molar-refractivity contribution in [3.8, 4) is 0 Å². The second-order valence-corrected chi connectivity index (χ2v) is 9.34. The molecule has 0 radical (unpaired) electrons. The Morgan fingerprint density at radius 3 is 2.48 bits per heavy atom. The molecule has 1 saturated heterocycles. The van der Waals surface area contributed by atoms with Gasteiger partial charge in [-0.3, -0.25) is 4.79 Å². The SMILES string of the molecule is CCN(CC1CCCO1)C(=O)C(CC(C)C)NS(=O)(=O)c1ccc(C)cc1. The van der Waals surface area contributed by atoms with E-state index in [1.54, 1.807) is 29.2 Å². The number of sulfonamides is 1. The minimum absolute atomic E-state index is 0.0438. The first-order valence-electron chi connectivity index (χ1n) is 9.72. The fraction of sp³-hybridized carbons (Fsp3) is 0.650. The maximum atomic E-state index is 13.1. The maximum absolute atomic E-state index is 13.1. The average molecular weight is 397 g/mol. The normalized spacial score (nSPS) is 18.6. The molecule has 1 aliphatic heterocycles. The lowest BCUT2D eigenvalue weighted by Gasteiger charge is -2.29. The molecule has 1 N–H and O–H groups in total. The molecular weight excluding hydrogens is 364 g/mol. The van der Waals surface area contributed by atoms with Crippen molar-refractivity contribution < 1.29 is 17.9 Å². The summed E-state index contributed by atoms with van der Waals surface area (Å²) >= 11 is 0. The molecule has 2 unspecified atom stereocenters. The van der Waals surface area contributed by atoms with Gasteiger partial charge in [-0.05, 0) is 51.2 Å². The summed E-state index contributed by atoms with van der Waals surface area (Å²) in [6.07, 6.45) is 2.44. The molecule has 27 heavy (non-hydrogen) atoms. The zero-order valence-electron chi connectivity index (χ0n) is 16.8. The second-order valence-electron chi connectivity index (χ2n) is 7.63. The molecule has 1 aromatic carbocycles. The molecule has 6 nitrogen and oxygen atoms in total. The first kappa shape index (κ1) is 21.9. The van der Waals surface area contributed by atoms with Crippen LogP contribution in [0.15, 0.2) is 29.2 Å². The number of likely N-dealkylation sites (N-methyl/N-ethyl adjacent to an activating group) is 1. The quantitative estimate of drug-likeness (QED) is 0.696. The Bertz CT molecular complexity index is 710.